The van der Waals surface area contributed by atoms with Crippen molar-refractivity contribution < 1.29 is 32.2 Å². The largest absolute Gasteiger partial charge is 0.495 e. The molecule has 8 nitrogen and oxygen atoms in total. The zero-order valence-corrected chi connectivity index (χ0v) is 17.9. The number of aromatic nitrogens is 2. The van der Waals surface area contributed by atoms with E-state index in [-0.39, 0.29) is 17.1 Å². The number of aryl methyl sites for hydroxylation is 1. The van der Waals surface area contributed by atoms with Gasteiger partial charge in [0.1, 0.15) is 17.5 Å². The predicted molar refractivity (Wildman–Crippen MR) is 108 cm³/mol. The Labute approximate surface area is 182 Å². The van der Waals surface area contributed by atoms with E-state index in [0.29, 0.717) is 11.3 Å². The van der Waals surface area contributed by atoms with Crippen LogP contribution in [0.15, 0.2) is 30.6 Å². The molecule has 2 aromatic heterocycles. The minimum Gasteiger partial charge on any atom is -0.495 e. The molecular formula is C21H23F3N4O4. The maximum absolute atomic E-state index is 14.0. The SMILES string of the molecule is COc1c([C@H]2[C@@H](C)[C@](C)(C(F)(F)F)O[C@H]2C(=O)Nc2ccnc(C(N)=O)c2)ccnc1C. The monoisotopic (exact) mass is 452 g/mol. The van der Waals surface area contributed by atoms with Crippen LogP contribution in [0.1, 0.15) is 41.5 Å². The molecule has 0 bridgehead atoms. The molecule has 11 heteroatoms. The Hall–Kier alpha value is -3.21. The number of alkyl halides is 3. The number of anilines is 1. The van der Waals surface area contributed by atoms with Gasteiger partial charge in [0.15, 0.2) is 5.60 Å². The molecule has 3 heterocycles. The summed E-state index contributed by atoms with van der Waals surface area (Å²) in [5.41, 5.74) is 3.51. The fourth-order valence-corrected chi connectivity index (χ4v) is 3.98. The Balaban J connectivity index is 2.05. The molecule has 1 aliphatic heterocycles. The normalized spacial score (nSPS) is 25.4. The highest BCUT2D eigenvalue weighted by Gasteiger charge is 2.65. The predicted octanol–water partition coefficient (Wildman–Crippen LogP) is 2.97. The summed E-state index contributed by atoms with van der Waals surface area (Å²) < 4.78 is 52.8. The first-order chi connectivity index (χ1) is 14.9. The van der Waals surface area contributed by atoms with Gasteiger partial charge in [0.25, 0.3) is 11.8 Å². The number of methoxy groups -OCH3 is 1. The quantitative estimate of drug-likeness (QED) is 0.721. The molecule has 2 aromatic rings. The van der Waals surface area contributed by atoms with Crippen molar-refractivity contribution in [2.45, 2.75) is 44.6 Å². The van der Waals surface area contributed by atoms with E-state index in [1.807, 2.05) is 0 Å². The van der Waals surface area contributed by atoms with E-state index in [2.05, 4.69) is 15.3 Å². The molecule has 2 amide bonds. The van der Waals surface area contributed by atoms with Gasteiger partial charge in [-0.1, -0.05) is 6.92 Å². The first-order valence-electron chi connectivity index (χ1n) is 9.71. The lowest BCUT2D eigenvalue weighted by molar-refractivity contribution is -0.272. The van der Waals surface area contributed by atoms with Crippen molar-refractivity contribution in [3.63, 3.8) is 0 Å². The van der Waals surface area contributed by atoms with Crippen LogP contribution >= 0.6 is 0 Å². The molecule has 1 aliphatic rings. The van der Waals surface area contributed by atoms with Gasteiger partial charge >= 0.3 is 6.18 Å². The summed E-state index contributed by atoms with van der Waals surface area (Å²) in [5, 5.41) is 2.51. The number of carbonyl (C=O) groups excluding carboxylic acids is 2. The topological polar surface area (TPSA) is 116 Å². The third-order valence-electron chi connectivity index (χ3n) is 5.88. The average Bonchev–Trinajstić information content (AvgIpc) is 3.00. The van der Waals surface area contributed by atoms with Crippen molar-refractivity contribution in [1.82, 2.24) is 9.97 Å². The van der Waals surface area contributed by atoms with Crippen LogP contribution < -0.4 is 15.8 Å². The highest BCUT2D eigenvalue weighted by Crippen LogP contribution is 2.54. The zero-order chi connectivity index (χ0) is 23.8. The molecule has 32 heavy (non-hydrogen) atoms. The van der Waals surface area contributed by atoms with Crippen molar-refractivity contribution in [2.75, 3.05) is 12.4 Å². The number of nitrogens with two attached hydrogens (primary N) is 1. The molecular weight excluding hydrogens is 429 g/mol. The van der Waals surface area contributed by atoms with Crippen LogP contribution in [0.2, 0.25) is 0 Å². The van der Waals surface area contributed by atoms with Crippen LogP contribution in [-0.4, -0.2) is 46.8 Å². The van der Waals surface area contributed by atoms with Gasteiger partial charge in [0.2, 0.25) is 0 Å². The number of pyridine rings is 2. The zero-order valence-electron chi connectivity index (χ0n) is 17.9. The van der Waals surface area contributed by atoms with Crippen molar-refractivity contribution in [3.8, 4) is 5.75 Å². The molecule has 0 saturated carbocycles. The highest BCUT2D eigenvalue weighted by molar-refractivity contribution is 5.97. The number of primary amides is 1. The first kappa shape index (κ1) is 23.5. The van der Waals surface area contributed by atoms with Gasteiger partial charge in [-0.15, -0.1) is 0 Å². The second-order valence-electron chi connectivity index (χ2n) is 7.76. The van der Waals surface area contributed by atoms with Crippen LogP contribution in [0.3, 0.4) is 0 Å². The highest BCUT2D eigenvalue weighted by atomic mass is 19.4. The number of rotatable bonds is 5. The molecule has 0 spiro atoms. The van der Waals surface area contributed by atoms with Crippen molar-refractivity contribution >= 4 is 17.5 Å². The Morgan fingerprint density at radius 1 is 1.25 bits per heavy atom. The van der Waals surface area contributed by atoms with E-state index in [1.165, 1.54) is 44.6 Å². The average molecular weight is 452 g/mol. The van der Waals surface area contributed by atoms with Crippen LogP contribution in [0.5, 0.6) is 5.75 Å². The Morgan fingerprint density at radius 3 is 2.50 bits per heavy atom. The standard InChI is InChI=1S/C21H23F3N4O4/c1-10-15(13-6-8-26-11(2)16(13)31-4)17(32-20(10,3)21(22,23)24)19(30)28-12-5-7-27-14(9-12)18(25)29/h5-10,15,17H,1-4H3,(H2,25,29)(H,27,28,30)/t10-,15-,17-,20-/m1/s1. The Kier molecular flexibility index (Phi) is 6.14. The summed E-state index contributed by atoms with van der Waals surface area (Å²) in [6.07, 6.45) is -3.54. The van der Waals surface area contributed by atoms with Gasteiger partial charge in [-0.05, 0) is 32.0 Å². The smallest absolute Gasteiger partial charge is 0.417 e. The lowest BCUT2D eigenvalue weighted by atomic mass is 9.77. The molecule has 1 saturated heterocycles. The molecule has 0 aliphatic carbocycles. The number of hydrogen-bond donors (Lipinski definition) is 2. The second-order valence-corrected chi connectivity index (χ2v) is 7.76. The summed E-state index contributed by atoms with van der Waals surface area (Å²) in [7, 11) is 1.38. The minimum atomic E-state index is -4.73. The molecule has 3 rings (SSSR count). The number of nitrogens with one attached hydrogen (secondary N) is 1. The van der Waals surface area contributed by atoms with E-state index < -0.39 is 41.5 Å². The van der Waals surface area contributed by atoms with Gasteiger partial charge in [-0.25, -0.2) is 0 Å². The lowest BCUT2D eigenvalue weighted by Gasteiger charge is -2.32. The van der Waals surface area contributed by atoms with E-state index in [9.17, 15) is 22.8 Å². The summed E-state index contributed by atoms with van der Waals surface area (Å²) in [5.74, 6) is -3.46. The van der Waals surface area contributed by atoms with Crippen molar-refractivity contribution in [1.29, 1.82) is 0 Å². The van der Waals surface area contributed by atoms with Crippen LogP contribution in [-0.2, 0) is 9.53 Å². The fourth-order valence-electron chi connectivity index (χ4n) is 3.98. The number of amides is 2. The van der Waals surface area contributed by atoms with Crippen LogP contribution in [0, 0.1) is 12.8 Å². The number of hydrogen-bond acceptors (Lipinski definition) is 6. The third-order valence-corrected chi connectivity index (χ3v) is 5.88. The molecule has 0 radical (unpaired) electrons. The van der Waals surface area contributed by atoms with Gasteiger partial charge in [-0.2, -0.15) is 13.2 Å². The van der Waals surface area contributed by atoms with Gasteiger partial charge in [0.05, 0.1) is 12.8 Å². The number of ether oxygens (including phenoxy) is 2. The Morgan fingerprint density at radius 2 is 1.91 bits per heavy atom. The van der Waals surface area contributed by atoms with E-state index >= 15 is 0 Å². The summed E-state index contributed by atoms with van der Waals surface area (Å²) >= 11 is 0. The fraction of sp³-hybridized carbons (Fsp3) is 0.429. The maximum Gasteiger partial charge on any atom is 0.417 e. The number of nitrogens with zero attached hydrogens (tertiary/aromatic N) is 2. The van der Waals surface area contributed by atoms with E-state index in [4.69, 9.17) is 15.2 Å². The van der Waals surface area contributed by atoms with Crippen LogP contribution in [0.4, 0.5) is 18.9 Å². The minimum absolute atomic E-state index is 0.105. The summed E-state index contributed by atoms with van der Waals surface area (Å²) in [4.78, 5) is 32.4. The van der Waals surface area contributed by atoms with E-state index in [0.717, 1.165) is 6.92 Å². The molecule has 4 atom stereocenters. The van der Waals surface area contributed by atoms with Gasteiger partial charge in [0, 0.05) is 35.5 Å². The van der Waals surface area contributed by atoms with Crippen molar-refractivity contribution in [2.24, 2.45) is 11.7 Å². The van der Waals surface area contributed by atoms with Gasteiger partial charge < -0.3 is 20.5 Å². The van der Waals surface area contributed by atoms with Crippen LogP contribution in [0.25, 0.3) is 0 Å². The number of carbonyl (C=O) groups is 2. The van der Waals surface area contributed by atoms with E-state index in [1.54, 1.807) is 6.92 Å². The molecule has 0 unspecified atom stereocenters. The summed E-state index contributed by atoms with van der Waals surface area (Å²) in [6.45, 7) is 3.97. The Bertz CT molecular complexity index is 1050. The molecule has 1 fully saturated rings. The molecule has 0 aromatic carbocycles. The summed E-state index contributed by atoms with van der Waals surface area (Å²) in [6, 6.07) is 4.14. The third kappa shape index (κ3) is 3.99. The molecule has 172 valence electrons. The first-order valence-corrected chi connectivity index (χ1v) is 9.71. The molecule has 3 N–H and O–H groups in total. The number of halogens is 3. The second kappa shape index (κ2) is 8.38. The maximum atomic E-state index is 14.0. The van der Waals surface area contributed by atoms with Gasteiger partial charge in [-0.3, -0.25) is 19.6 Å². The lowest BCUT2D eigenvalue weighted by Crippen LogP contribution is -2.47. The van der Waals surface area contributed by atoms with Crippen molar-refractivity contribution in [3.05, 3.63) is 47.5 Å².